The van der Waals surface area contributed by atoms with Crippen LogP contribution in [0.5, 0.6) is 0 Å². The zero-order chi connectivity index (χ0) is 11.9. The third-order valence-corrected chi connectivity index (χ3v) is 4.50. The van der Waals surface area contributed by atoms with E-state index in [2.05, 4.69) is 12.2 Å². The van der Waals surface area contributed by atoms with Gasteiger partial charge in [-0.2, -0.15) is 0 Å². The highest BCUT2D eigenvalue weighted by Gasteiger charge is 2.51. The number of hydrogen-bond acceptors (Lipinski definition) is 3. The van der Waals surface area contributed by atoms with Gasteiger partial charge >= 0.3 is 0 Å². The van der Waals surface area contributed by atoms with Crippen molar-refractivity contribution >= 4 is 5.91 Å². The van der Waals surface area contributed by atoms with E-state index < -0.39 is 0 Å². The van der Waals surface area contributed by atoms with E-state index in [1.54, 1.807) is 0 Å². The lowest BCUT2D eigenvalue weighted by molar-refractivity contribution is -0.134. The first kappa shape index (κ1) is 11.5. The van der Waals surface area contributed by atoms with E-state index in [1.165, 1.54) is 12.8 Å². The van der Waals surface area contributed by atoms with E-state index in [9.17, 15) is 4.79 Å². The van der Waals surface area contributed by atoms with Gasteiger partial charge in [-0.15, -0.1) is 0 Å². The molecule has 1 amide bonds. The summed E-state index contributed by atoms with van der Waals surface area (Å²) in [5.74, 6) is 0.318. The summed E-state index contributed by atoms with van der Waals surface area (Å²) in [5, 5.41) is 3.52. The summed E-state index contributed by atoms with van der Waals surface area (Å²) in [4.78, 5) is 14.5. The van der Waals surface area contributed by atoms with Crippen molar-refractivity contribution in [3.8, 4) is 0 Å². The van der Waals surface area contributed by atoms with E-state index in [0.717, 1.165) is 38.8 Å². The highest BCUT2D eigenvalue weighted by Crippen LogP contribution is 2.36. The van der Waals surface area contributed by atoms with Crippen molar-refractivity contribution < 1.29 is 9.53 Å². The van der Waals surface area contributed by atoms with E-state index >= 15 is 0 Å². The van der Waals surface area contributed by atoms with Crippen molar-refractivity contribution in [1.82, 2.24) is 10.2 Å². The van der Waals surface area contributed by atoms with E-state index in [1.807, 2.05) is 4.90 Å². The first-order chi connectivity index (χ1) is 8.21. The normalized spacial score (nSPS) is 36.3. The molecule has 0 aromatic rings. The lowest BCUT2D eigenvalue weighted by Gasteiger charge is -2.24. The van der Waals surface area contributed by atoms with Gasteiger partial charge in [-0.1, -0.05) is 12.8 Å². The summed E-state index contributed by atoms with van der Waals surface area (Å²) in [5.41, 5.74) is -0.224. The second-order valence-corrected chi connectivity index (χ2v) is 5.70. The van der Waals surface area contributed by atoms with Crippen molar-refractivity contribution in [1.29, 1.82) is 0 Å². The summed E-state index contributed by atoms with van der Waals surface area (Å²) in [7, 11) is 0. The second kappa shape index (κ2) is 4.25. The molecule has 0 aromatic heterocycles. The molecule has 3 aliphatic rings. The smallest absolute Gasteiger partial charge is 0.244 e. The van der Waals surface area contributed by atoms with Crippen LogP contribution in [0.4, 0.5) is 0 Å². The molecule has 3 fully saturated rings. The molecule has 0 aromatic carbocycles. The molecule has 96 valence electrons. The fourth-order valence-electron chi connectivity index (χ4n) is 3.58. The van der Waals surface area contributed by atoms with Crippen LogP contribution in [0.2, 0.25) is 0 Å². The molecule has 2 saturated heterocycles. The second-order valence-electron chi connectivity index (χ2n) is 5.70. The minimum atomic E-state index is -0.224. The number of hydrogen-bond donors (Lipinski definition) is 1. The van der Waals surface area contributed by atoms with E-state index in [4.69, 9.17) is 4.74 Å². The minimum absolute atomic E-state index is 0.171. The number of rotatable bonds is 2. The van der Waals surface area contributed by atoms with Gasteiger partial charge in [-0.3, -0.25) is 10.1 Å². The Bertz CT molecular complexity index is 307. The maximum atomic E-state index is 12.5. The number of nitrogens with zero attached hydrogens (tertiary/aromatic N) is 1. The van der Waals surface area contributed by atoms with Crippen molar-refractivity contribution in [2.75, 3.05) is 13.2 Å². The lowest BCUT2D eigenvalue weighted by Crippen LogP contribution is -2.44. The molecule has 17 heavy (non-hydrogen) atoms. The Morgan fingerprint density at radius 2 is 2.18 bits per heavy atom. The summed E-state index contributed by atoms with van der Waals surface area (Å²) in [6.07, 6.45) is 7.06. The number of ether oxygens (including phenoxy) is 1. The number of carbonyl (C=O) groups excluding carboxylic acids is 1. The zero-order valence-electron chi connectivity index (χ0n) is 10.6. The Morgan fingerprint density at radius 1 is 1.41 bits per heavy atom. The van der Waals surface area contributed by atoms with Crippen LogP contribution in [0, 0.1) is 0 Å². The largest absolute Gasteiger partial charge is 0.376 e. The molecule has 2 aliphatic heterocycles. The number of carbonyl (C=O) groups is 1. The minimum Gasteiger partial charge on any atom is -0.376 e. The van der Waals surface area contributed by atoms with Gasteiger partial charge in [0.05, 0.1) is 17.8 Å². The molecular formula is C13H22N2O2. The third kappa shape index (κ3) is 1.87. The Balaban J connectivity index is 1.70. The lowest BCUT2D eigenvalue weighted by atomic mass is 9.98. The fourth-order valence-corrected chi connectivity index (χ4v) is 3.58. The van der Waals surface area contributed by atoms with Crippen LogP contribution in [0.1, 0.15) is 45.4 Å². The van der Waals surface area contributed by atoms with Gasteiger partial charge in [-0.05, 0) is 32.6 Å². The predicted octanol–water partition coefficient (Wildman–Crippen LogP) is 1.26. The van der Waals surface area contributed by atoms with Crippen LogP contribution in [0.25, 0.3) is 0 Å². The summed E-state index contributed by atoms with van der Waals surface area (Å²) < 4.78 is 5.64. The molecular weight excluding hydrogens is 216 g/mol. The van der Waals surface area contributed by atoms with E-state index in [-0.39, 0.29) is 17.8 Å². The zero-order valence-corrected chi connectivity index (χ0v) is 10.6. The van der Waals surface area contributed by atoms with Crippen LogP contribution in [-0.4, -0.2) is 41.8 Å². The molecule has 1 saturated carbocycles. The molecule has 2 unspecified atom stereocenters. The SMILES string of the molecule is CC1NC2(CCCC2)C(=O)N1CC1CCCO1. The fraction of sp³-hybridized carbons (Fsp3) is 0.923. The molecule has 1 aliphatic carbocycles. The maximum Gasteiger partial charge on any atom is 0.244 e. The van der Waals surface area contributed by atoms with Gasteiger partial charge < -0.3 is 9.64 Å². The van der Waals surface area contributed by atoms with Crippen LogP contribution in [0.3, 0.4) is 0 Å². The molecule has 1 spiro atoms. The molecule has 4 nitrogen and oxygen atoms in total. The molecule has 3 rings (SSSR count). The van der Waals surface area contributed by atoms with Crippen molar-refractivity contribution in [2.24, 2.45) is 0 Å². The van der Waals surface area contributed by atoms with Gasteiger partial charge in [0.15, 0.2) is 0 Å². The topological polar surface area (TPSA) is 41.6 Å². The van der Waals surface area contributed by atoms with E-state index in [0.29, 0.717) is 5.91 Å². The maximum absolute atomic E-state index is 12.5. The quantitative estimate of drug-likeness (QED) is 0.787. The average Bonchev–Trinajstić information content (AvgIpc) is 2.99. The van der Waals surface area contributed by atoms with Gasteiger partial charge in [0.2, 0.25) is 5.91 Å². The first-order valence-electron chi connectivity index (χ1n) is 6.92. The van der Waals surface area contributed by atoms with Crippen molar-refractivity contribution in [3.05, 3.63) is 0 Å². The van der Waals surface area contributed by atoms with Gasteiger partial charge in [0, 0.05) is 13.2 Å². The number of nitrogens with one attached hydrogen (secondary N) is 1. The van der Waals surface area contributed by atoms with Crippen LogP contribution in [-0.2, 0) is 9.53 Å². The Morgan fingerprint density at radius 3 is 2.82 bits per heavy atom. The van der Waals surface area contributed by atoms with Gasteiger partial charge in [-0.25, -0.2) is 0 Å². The standard InChI is InChI=1S/C13H22N2O2/c1-10-14-13(6-2-3-7-13)12(16)15(10)9-11-5-4-8-17-11/h10-11,14H,2-9H2,1H3. The Hall–Kier alpha value is -0.610. The Kier molecular flexibility index (Phi) is 2.87. The summed E-state index contributed by atoms with van der Waals surface area (Å²) >= 11 is 0. The van der Waals surface area contributed by atoms with Crippen LogP contribution in [0.15, 0.2) is 0 Å². The van der Waals surface area contributed by atoms with Crippen molar-refractivity contribution in [3.63, 3.8) is 0 Å². The molecule has 1 N–H and O–H groups in total. The molecule has 0 radical (unpaired) electrons. The van der Waals surface area contributed by atoms with Gasteiger partial charge in [0.25, 0.3) is 0 Å². The molecule has 2 heterocycles. The highest BCUT2D eigenvalue weighted by molar-refractivity contribution is 5.89. The summed E-state index contributed by atoms with van der Waals surface area (Å²) in [6.45, 7) is 3.73. The van der Waals surface area contributed by atoms with Crippen molar-refractivity contribution in [2.45, 2.75) is 63.3 Å². The highest BCUT2D eigenvalue weighted by atomic mass is 16.5. The van der Waals surface area contributed by atoms with Crippen LogP contribution >= 0.6 is 0 Å². The average molecular weight is 238 g/mol. The van der Waals surface area contributed by atoms with Gasteiger partial charge in [0.1, 0.15) is 0 Å². The first-order valence-corrected chi connectivity index (χ1v) is 6.92. The molecule has 0 bridgehead atoms. The molecule has 2 atom stereocenters. The Labute approximate surface area is 103 Å². The molecule has 4 heteroatoms. The third-order valence-electron chi connectivity index (χ3n) is 4.50. The summed E-state index contributed by atoms with van der Waals surface area (Å²) in [6, 6.07) is 0. The monoisotopic (exact) mass is 238 g/mol. The van der Waals surface area contributed by atoms with Crippen LogP contribution < -0.4 is 5.32 Å². The predicted molar refractivity (Wildman–Crippen MR) is 64.5 cm³/mol. The number of amides is 1.